The second kappa shape index (κ2) is 10.6. The van der Waals surface area contributed by atoms with Crippen molar-refractivity contribution in [3.8, 4) is 0 Å². The minimum Gasteiger partial charge on any atom is -0.384 e. The number of nitrogens with one attached hydrogen (secondary N) is 1. The fourth-order valence-corrected chi connectivity index (χ4v) is 3.36. The molecule has 1 aliphatic heterocycles. The average Bonchev–Trinajstić information content (AvgIpc) is 2.74. The standard InChI is InChI=1S/C22H27FN4O2/c23-20-11-5-3-8-17(20)14-25-21(28)16-29-26-22(24)19-10-4-2-9-18(19)15-27-12-6-1-7-13-27/h2-5,8-11H,1,6-7,12-16H2,(H2,24,26)(H,25,28). The van der Waals surface area contributed by atoms with E-state index in [0.717, 1.165) is 30.8 Å². The molecule has 0 aliphatic carbocycles. The Hall–Kier alpha value is -2.93. The Morgan fingerprint density at radius 2 is 1.76 bits per heavy atom. The van der Waals surface area contributed by atoms with Crippen LogP contribution in [0.2, 0.25) is 0 Å². The molecule has 2 aromatic carbocycles. The summed E-state index contributed by atoms with van der Waals surface area (Å²) in [6, 6.07) is 14.1. The summed E-state index contributed by atoms with van der Waals surface area (Å²) < 4.78 is 13.6. The van der Waals surface area contributed by atoms with Crippen LogP contribution in [-0.2, 0) is 22.7 Å². The zero-order valence-corrected chi connectivity index (χ0v) is 16.4. The second-order valence-electron chi connectivity index (χ2n) is 7.11. The molecule has 0 bridgehead atoms. The normalized spacial score (nSPS) is 15.1. The molecular weight excluding hydrogens is 371 g/mol. The summed E-state index contributed by atoms with van der Waals surface area (Å²) in [5.74, 6) is -0.521. The molecule has 2 aromatic rings. The number of halogens is 1. The molecule has 0 radical (unpaired) electrons. The number of hydrogen-bond acceptors (Lipinski definition) is 4. The number of carbonyl (C=O) groups excluding carboxylic acids is 1. The van der Waals surface area contributed by atoms with Crippen LogP contribution >= 0.6 is 0 Å². The van der Waals surface area contributed by atoms with Crippen molar-refractivity contribution in [3.05, 3.63) is 71.0 Å². The van der Waals surface area contributed by atoms with E-state index in [1.54, 1.807) is 18.2 Å². The molecule has 6 nitrogen and oxygen atoms in total. The van der Waals surface area contributed by atoms with E-state index in [2.05, 4.69) is 15.4 Å². The zero-order chi connectivity index (χ0) is 20.5. The smallest absolute Gasteiger partial charge is 0.261 e. The zero-order valence-electron chi connectivity index (χ0n) is 16.4. The molecule has 0 unspecified atom stereocenters. The van der Waals surface area contributed by atoms with Crippen molar-refractivity contribution in [1.82, 2.24) is 10.2 Å². The number of nitrogens with zero attached hydrogens (tertiary/aromatic N) is 2. The fraction of sp³-hybridized carbons (Fsp3) is 0.364. The Labute approximate surface area is 170 Å². The van der Waals surface area contributed by atoms with Gasteiger partial charge in [-0.15, -0.1) is 0 Å². The number of rotatable bonds is 8. The van der Waals surface area contributed by atoms with Gasteiger partial charge in [0.2, 0.25) is 0 Å². The highest BCUT2D eigenvalue weighted by Gasteiger charge is 2.14. The number of benzene rings is 2. The topological polar surface area (TPSA) is 80.0 Å². The van der Waals surface area contributed by atoms with Crippen molar-refractivity contribution >= 4 is 11.7 Å². The first kappa shape index (κ1) is 20.8. The van der Waals surface area contributed by atoms with E-state index in [9.17, 15) is 9.18 Å². The highest BCUT2D eigenvalue weighted by atomic mass is 19.1. The summed E-state index contributed by atoms with van der Waals surface area (Å²) in [4.78, 5) is 19.4. The van der Waals surface area contributed by atoms with Crippen LogP contribution in [0.15, 0.2) is 53.7 Å². The highest BCUT2D eigenvalue weighted by Crippen LogP contribution is 2.16. The summed E-state index contributed by atoms with van der Waals surface area (Å²) in [6.45, 7) is 2.79. The monoisotopic (exact) mass is 398 g/mol. The Balaban J connectivity index is 1.51. The lowest BCUT2D eigenvalue weighted by Crippen LogP contribution is -2.30. The predicted octanol–water partition coefficient (Wildman–Crippen LogP) is 2.76. The van der Waals surface area contributed by atoms with Crippen LogP contribution in [0, 0.1) is 5.82 Å². The number of likely N-dealkylation sites (tertiary alicyclic amines) is 1. The molecule has 0 atom stereocenters. The van der Waals surface area contributed by atoms with Gasteiger partial charge in [-0.05, 0) is 37.6 Å². The molecule has 154 valence electrons. The molecule has 0 spiro atoms. The van der Waals surface area contributed by atoms with Gasteiger partial charge in [0.05, 0.1) is 0 Å². The third-order valence-electron chi connectivity index (χ3n) is 4.93. The lowest BCUT2D eigenvalue weighted by molar-refractivity contribution is -0.125. The Morgan fingerprint density at radius 3 is 2.52 bits per heavy atom. The number of amides is 1. The molecule has 0 aromatic heterocycles. The van der Waals surface area contributed by atoms with Gasteiger partial charge in [-0.1, -0.05) is 54.0 Å². The third kappa shape index (κ3) is 6.29. The van der Waals surface area contributed by atoms with Gasteiger partial charge in [-0.2, -0.15) is 0 Å². The van der Waals surface area contributed by atoms with Crippen molar-refractivity contribution in [2.45, 2.75) is 32.4 Å². The van der Waals surface area contributed by atoms with Gasteiger partial charge in [0.15, 0.2) is 12.4 Å². The van der Waals surface area contributed by atoms with Crippen LogP contribution in [-0.4, -0.2) is 36.3 Å². The number of nitrogens with two attached hydrogens (primary N) is 1. The Bertz CT molecular complexity index is 850. The molecular formula is C22H27FN4O2. The van der Waals surface area contributed by atoms with Crippen molar-refractivity contribution in [2.75, 3.05) is 19.7 Å². The Kier molecular flexibility index (Phi) is 7.58. The molecule has 1 amide bonds. The number of carbonyl (C=O) groups is 1. The average molecular weight is 398 g/mol. The summed E-state index contributed by atoms with van der Waals surface area (Å²) in [7, 11) is 0. The second-order valence-corrected chi connectivity index (χ2v) is 7.11. The summed E-state index contributed by atoms with van der Waals surface area (Å²) in [6.07, 6.45) is 3.72. The van der Waals surface area contributed by atoms with E-state index in [0.29, 0.717) is 5.56 Å². The molecule has 29 heavy (non-hydrogen) atoms. The quantitative estimate of drug-likeness (QED) is 0.407. The highest BCUT2D eigenvalue weighted by molar-refractivity contribution is 5.98. The SMILES string of the molecule is N/C(=N/OCC(=O)NCc1ccccc1F)c1ccccc1CN1CCCCC1. The van der Waals surface area contributed by atoms with Crippen molar-refractivity contribution < 1.29 is 14.0 Å². The van der Waals surface area contributed by atoms with E-state index in [1.165, 1.54) is 25.3 Å². The summed E-state index contributed by atoms with van der Waals surface area (Å²) >= 11 is 0. The van der Waals surface area contributed by atoms with Gasteiger partial charge in [0.1, 0.15) is 5.82 Å². The first-order valence-corrected chi connectivity index (χ1v) is 9.89. The molecule has 7 heteroatoms. The first-order valence-electron chi connectivity index (χ1n) is 9.89. The third-order valence-corrected chi connectivity index (χ3v) is 4.93. The fourth-order valence-electron chi connectivity index (χ4n) is 3.36. The van der Waals surface area contributed by atoms with Crippen molar-refractivity contribution in [1.29, 1.82) is 0 Å². The maximum atomic E-state index is 13.6. The van der Waals surface area contributed by atoms with E-state index in [1.807, 2.05) is 24.3 Å². The van der Waals surface area contributed by atoms with E-state index >= 15 is 0 Å². The van der Waals surface area contributed by atoms with E-state index in [4.69, 9.17) is 10.6 Å². The van der Waals surface area contributed by atoms with Gasteiger partial charge < -0.3 is 15.9 Å². The molecule has 3 rings (SSSR count). The minimum atomic E-state index is -0.397. The van der Waals surface area contributed by atoms with Crippen LogP contribution < -0.4 is 11.1 Å². The molecule has 1 heterocycles. The maximum absolute atomic E-state index is 13.6. The van der Waals surface area contributed by atoms with Gasteiger partial charge in [0.25, 0.3) is 5.91 Å². The van der Waals surface area contributed by atoms with Crippen LogP contribution in [0.5, 0.6) is 0 Å². The lowest BCUT2D eigenvalue weighted by Gasteiger charge is -2.27. The van der Waals surface area contributed by atoms with E-state index in [-0.39, 0.29) is 24.8 Å². The predicted molar refractivity (Wildman–Crippen MR) is 110 cm³/mol. The number of amidine groups is 1. The number of oxime groups is 1. The largest absolute Gasteiger partial charge is 0.384 e. The molecule has 1 aliphatic rings. The summed E-state index contributed by atoms with van der Waals surface area (Å²) in [5.41, 5.74) is 8.41. The van der Waals surface area contributed by atoms with Crippen molar-refractivity contribution in [2.24, 2.45) is 10.9 Å². The number of piperidine rings is 1. The van der Waals surface area contributed by atoms with Crippen LogP contribution in [0.25, 0.3) is 0 Å². The molecule has 1 fully saturated rings. The van der Waals surface area contributed by atoms with Gasteiger partial charge >= 0.3 is 0 Å². The van der Waals surface area contributed by atoms with E-state index < -0.39 is 5.91 Å². The lowest BCUT2D eigenvalue weighted by atomic mass is 10.0. The van der Waals surface area contributed by atoms with Crippen LogP contribution in [0.4, 0.5) is 4.39 Å². The molecule has 1 saturated heterocycles. The Morgan fingerprint density at radius 1 is 1.07 bits per heavy atom. The van der Waals surface area contributed by atoms with Crippen LogP contribution in [0.3, 0.4) is 0 Å². The summed E-state index contributed by atoms with van der Waals surface area (Å²) in [5, 5.41) is 6.50. The van der Waals surface area contributed by atoms with Crippen molar-refractivity contribution in [3.63, 3.8) is 0 Å². The van der Waals surface area contributed by atoms with Gasteiger partial charge in [-0.25, -0.2) is 4.39 Å². The first-order chi connectivity index (χ1) is 14.1. The van der Waals surface area contributed by atoms with Gasteiger partial charge in [0, 0.05) is 24.2 Å². The van der Waals surface area contributed by atoms with Crippen LogP contribution in [0.1, 0.15) is 36.0 Å². The van der Waals surface area contributed by atoms with Gasteiger partial charge in [-0.3, -0.25) is 9.69 Å². The number of hydrogen-bond donors (Lipinski definition) is 2. The maximum Gasteiger partial charge on any atom is 0.261 e. The minimum absolute atomic E-state index is 0.0900. The molecule has 3 N–H and O–H groups in total. The molecule has 0 saturated carbocycles.